The van der Waals surface area contributed by atoms with E-state index in [1.54, 1.807) is 0 Å². The van der Waals surface area contributed by atoms with E-state index in [9.17, 15) is 14.4 Å². The predicted molar refractivity (Wildman–Crippen MR) is 126 cm³/mol. The Bertz CT molecular complexity index is 565. The number of carbonyl (C=O) groups excluding carboxylic acids is 3. The average molecular weight is 431 g/mol. The van der Waals surface area contributed by atoms with Crippen LogP contribution in [0.3, 0.4) is 0 Å². The largest absolute Gasteiger partial charge is 0.300 e. The molecule has 3 nitrogen and oxygen atoms in total. The SMILES string of the molecule is CCC(=O)CCCC12CC3CC(CCCC(=O)CC)(C1)CC(CCCC(=O)CC)(C3)C2. The molecule has 4 bridgehead atoms. The van der Waals surface area contributed by atoms with Crippen molar-refractivity contribution >= 4 is 17.3 Å². The third kappa shape index (κ3) is 6.08. The van der Waals surface area contributed by atoms with E-state index in [2.05, 4.69) is 0 Å². The molecule has 0 radical (unpaired) electrons. The van der Waals surface area contributed by atoms with Gasteiger partial charge in [-0.05, 0) is 99.2 Å². The number of rotatable bonds is 15. The zero-order valence-electron chi connectivity index (χ0n) is 20.5. The monoisotopic (exact) mass is 430 g/mol. The highest BCUT2D eigenvalue weighted by Crippen LogP contribution is 2.73. The second kappa shape index (κ2) is 10.3. The lowest BCUT2D eigenvalue weighted by molar-refractivity contribution is -0.169. The van der Waals surface area contributed by atoms with Gasteiger partial charge in [-0.2, -0.15) is 0 Å². The Labute approximate surface area is 190 Å². The molecule has 4 fully saturated rings. The summed E-state index contributed by atoms with van der Waals surface area (Å²) in [6, 6.07) is 0. The normalized spacial score (nSPS) is 33.6. The number of hydrogen-bond donors (Lipinski definition) is 0. The smallest absolute Gasteiger partial charge is 0.132 e. The maximum absolute atomic E-state index is 11.9. The first-order chi connectivity index (χ1) is 14.8. The second-order valence-electron chi connectivity index (χ2n) is 11.7. The van der Waals surface area contributed by atoms with E-state index in [-0.39, 0.29) is 0 Å². The van der Waals surface area contributed by atoms with Crippen LogP contribution in [0.4, 0.5) is 0 Å². The van der Waals surface area contributed by atoms with Crippen LogP contribution in [-0.2, 0) is 14.4 Å². The summed E-state index contributed by atoms with van der Waals surface area (Å²) in [5.74, 6) is 2.04. The lowest BCUT2D eigenvalue weighted by Gasteiger charge is -2.67. The van der Waals surface area contributed by atoms with E-state index in [4.69, 9.17) is 0 Å². The zero-order valence-corrected chi connectivity index (χ0v) is 20.5. The maximum Gasteiger partial charge on any atom is 0.132 e. The van der Waals surface area contributed by atoms with Gasteiger partial charge in [0, 0.05) is 38.5 Å². The molecule has 0 aromatic heterocycles. The number of hydrogen-bond acceptors (Lipinski definition) is 3. The second-order valence-corrected chi connectivity index (χ2v) is 11.7. The molecule has 0 aromatic rings. The van der Waals surface area contributed by atoms with Crippen molar-refractivity contribution in [2.24, 2.45) is 22.2 Å². The first-order valence-corrected chi connectivity index (χ1v) is 13.3. The van der Waals surface area contributed by atoms with E-state index in [0.717, 1.165) is 44.4 Å². The van der Waals surface area contributed by atoms with Gasteiger partial charge in [0.2, 0.25) is 0 Å². The third-order valence-electron chi connectivity index (χ3n) is 9.09. The summed E-state index contributed by atoms with van der Waals surface area (Å²) < 4.78 is 0. The Balaban J connectivity index is 1.72. The van der Waals surface area contributed by atoms with Gasteiger partial charge in [-0.1, -0.05) is 20.8 Å². The molecule has 31 heavy (non-hydrogen) atoms. The van der Waals surface area contributed by atoms with E-state index in [0.29, 0.717) is 52.9 Å². The summed E-state index contributed by atoms with van der Waals surface area (Å²) in [5.41, 5.74) is 1.24. The molecule has 4 rings (SSSR count). The van der Waals surface area contributed by atoms with Gasteiger partial charge in [-0.3, -0.25) is 14.4 Å². The molecule has 176 valence electrons. The van der Waals surface area contributed by atoms with Crippen molar-refractivity contribution in [1.82, 2.24) is 0 Å². The number of carbonyl (C=O) groups is 3. The van der Waals surface area contributed by atoms with Gasteiger partial charge < -0.3 is 0 Å². The molecular weight excluding hydrogens is 384 g/mol. The van der Waals surface area contributed by atoms with Crippen LogP contribution in [0, 0.1) is 22.2 Å². The van der Waals surface area contributed by atoms with Crippen LogP contribution in [-0.4, -0.2) is 17.3 Å². The van der Waals surface area contributed by atoms with Crippen LogP contribution in [0.1, 0.15) is 136 Å². The molecule has 3 heteroatoms. The molecular formula is C28H46O3. The Hall–Kier alpha value is -0.990. The molecule has 0 saturated heterocycles. The summed E-state index contributed by atoms with van der Waals surface area (Å²) in [6.45, 7) is 5.94. The van der Waals surface area contributed by atoms with Crippen molar-refractivity contribution in [2.75, 3.05) is 0 Å². The van der Waals surface area contributed by atoms with E-state index < -0.39 is 0 Å². The zero-order chi connectivity index (χ0) is 22.5. The molecule has 0 heterocycles. The highest BCUT2D eigenvalue weighted by Gasteiger charge is 2.61. The van der Waals surface area contributed by atoms with E-state index in [1.807, 2.05) is 20.8 Å². The van der Waals surface area contributed by atoms with Gasteiger partial charge in [0.05, 0.1) is 0 Å². The minimum atomic E-state index is 0.408. The van der Waals surface area contributed by atoms with Crippen LogP contribution >= 0.6 is 0 Å². The minimum absolute atomic E-state index is 0.408. The maximum atomic E-state index is 11.9. The molecule has 0 amide bonds. The first kappa shape index (κ1) is 24.6. The highest BCUT2D eigenvalue weighted by atomic mass is 16.1. The Morgan fingerprint density at radius 2 is 0.871 bits per heavy atom. The van der Waals surface area contributed by atoms with Gasteiger partial charge >= 0.3 is 0 Å². The minimum Gasteiger partial charge on any atom is -0.300 e. The van der Waals surface area contributed by atoms with Gasteiger partial charge in [-0.25, -0.2) is 0 Å². The fourth-order valence-electron chi connectivity index (χ4n) is 8.41. The molecule has 0 atom stereocenters. The molecule has 0 aliphatic heterocycles. The van der Waals surface area contributed by atoms with Crippen LogP contribution in [0.5, 0.6) is 0 Å². The van der Waals surface area contributed by atoms with E-state index in [1.165, 1.54) is 57.8 Å². The topological polar surface area (TPSA) is 51.2 Å². The highest BCUT2D eigenvalue weighted by molar-refractivity contribution is 5.78. The van der Waals surface area contributed by atoms with Crippen LogP contribution in [0.15, 0.2) is 0 Å². The summed E-state index contributed by atoms with van der Waals surface area (Å²) in [7, 11) is 0. The van der Waals surface area contributed by atoms with Crippen molar-refractivity contribution in [3.05, 3.63) is 0 Å². The first-order valence-electron chi connectivity index (χ1n) is 13.3. The fraction of sp³-hybridized carbons (Fsp3) is 0.893. The Morgan fingerprint density at radius 1 is 0.581 bits per heavy atom. The van der Waals surface area contributed by atoms with Crippen molar-refractivity contribution in [2.45, 2.75) is 136 Å². The van der Waals surface area contributed by atoms with Gasteiger partial charge in [0.25, 0.3) is 0 Å². The standard InChI is InChI=1S/C28H46O3/c1-4-23(29)10-7-13-26-16-22-17-27(19-26,14-8-11-24(30)5-2)21-28(18-22,20-26)15-9-12-25(31)6-3/h22H,4-21H2,1-3H3. The lowest BCUT2D eigenvalue weighted by atomic mass is 9.37. The predicted octanol–water partition coefficient (Wildman–Crippen LogP) is 7.39. The molecule has 0 spiro atoms. The van der Waals surface area contributed by atoms with Crippen LogP contribution < -0.4 is 0 Å². The average Bonchev–Trinajstić information content (AvgIpc) is 2.71. The Morgan fingerprint density at radius 3 is 1.13 bits per heavy atom. The summed E-state index contributed by atoms with van der Waals surface area (Å²) in [6.07, 6.45) is 19.1. The number of Topliss-reactive ketones (excluding diaryl/α,β-unsaturated/α-hetero) is 3. The van der Waals surface area contributed by atoms with Crippen molar-refractivity contribution < 1.29 is 14.4 Å². The van der Waals surface area contributed by atoms with Gasteiger partial charge in [-0.15, -0.1) is 0 Å². The van der Waals surface area contributed by atoms with Crippen LogP contribution in [0.25, 0.3) is 0 Å². The molecule has 0 aromatic carbocycles. The third-order valence-corrected chi connectivity index (χ3v) is 9.09. The summed E-state index contributed by atoms with van der Waals surface area (Å²) in [4.78, 5) is 35.8. The van der Waals surface area contributed by atoms with Crippen molar-refractivity contribution in [1.29, 1.82) is 0 Å². The quantitative estimate of drug-likeness (QED) is 0.272. The Kier molecular flexibility index (Phi) is 8.19. The fourth-order valence-corrected chi connectivity index (χ4v) is 8.41. The molecule has 4 aliphatic carbocycles. The molecule has 4 saturated carbocycles. The summed E-state index contributed by atoms with van der Waals surface area (Å²) >= 11 is 0. The van der Waals surface area contributed by atoms with Crippen molar-refractivity contribution in [3.63, 3.8) is 0 Å². The molecule has 0 N–H and O–H groups in total. The van der Waals surface area contributed by atoms with Gasteiger partial charge in [0.15, 0.2) is 0 Å². The van der Waals surface area contributed by atoms with E-state index >= 15 is 0 Å². The summed E-state index contributed by atoms with van der Waals surface area (Å²) in [5, 5.41) is 0. The molecule has 4 aliphatic rings. The molecule has 0 unspecified atom stereocenters. The van der Waals surface area contributed by atoms with Crippen LogP contribution in [0.2, 0.25) is 0 Å². The lowest BCUT2D eigenvalue weighted by Crippen LogP contribution is -2.56. The van der Waals surface area contributed by atoms with Crippen molar-refractivity contribution in [3.8, 4) is 0 Å². The number of ketones is 3. The van der Waals surface area contributed by atoms with Gasteiger partial charge in [0.1, 0.15) is 17.3 Å².